The van der Waals surface area contributed by atoms with Crippen molar-refractivity contribution in [2.24, 2.45) is 5.41 Å². The van der Waals surface area contributed by atoms with Crippen LogP contribution in [-0.2, 0) is 9.53 Å². The van der Waals surface area contributed by atoms with E-state index in [0.717, 1.165) is 45.6 Å². The van der Waals surface area contributed by atoms with Crippen LogP contribution in [0.15, 0.2) is 12.7 Å². The molecule has 114 valence electrons. The molecule has 0 N–H and O–H groups in total. The Labute approximate surface area is 122 Å². The molecule has 2 atom stereocenters. The highest BCUT2D eigenvalue weighted by Gasteiger charge is 2.36. The average Bonchev–Trinajstić information content (AvgIpc) is 2.60. The highest BCUT2D eigenvalue weighted by Crippen LogP contribution is 2.26. The topological polar surface area (TPSA) is 32.8 Å². The van der Waals surface area contributed by atoms with Gasteiger partial charge in [-0.15, -0.1) is 6.58 Å². The SMILES string of the molecule is C=CCN1CCOC2CCN(C(=O)C(C)(C)C)CCC21. The van der Waals surface area contributed by atoms with E-state index in [1.807, 2.05) is 31.7 Å². The van der Waals surface area contributed by atoms with Crippen LogP contribution >= 0.6 is 0 Å². The summed E-state index contributed by atoms with van der Waals surface area (Å²) in [5.74, 6) is 0.256. The number of carbonyl (C=O) groups excluding carboxylic acids is 1. The molecule has 0 spiro atoms. The van der Waals surface area contributed by atoms with E-state index in [1.54, 1.807) is 0 Å². The molecule has 2 heterocycles. The number of ether oxygens (including phenoxy) is 1. The molecule has 2 saturated heterocycles. The molecule has 4 nitrogen and oxygen atoms in total. The average molecular weight is 280 g/mol. The zero-order valence-corrected chi connectivity index (χ0v) is 13.1. The lowest BCUT2D eigenvalue weighted by Crippen LogP contribution is -2.51. The van der Waals surface area contributed by atoms with Crippen molar-refractivity contribution in [1.82, 2.24) is 9.80 Å². The fourth-order valence-electron chi connectivity index (χ4n) is 3.23. The Morgan fingerprint density at radius 3 is 2.65 bits per heavy atom. The summed E-state index contributed by atoms with van der Waals surface area (Å²) in [4.78, 5) is 16.9. The summed E-state index contributed by atoms with van der Waals surface area (Å²) >= 11 is 0. The molecule has 0 aromatic rings. The van der Waals surface area contributed by atoms with E-state index in [-0.39, 0.29) is 17.4 Å². The summed E-state index contributed by atoms with van der Waals surface area (Å²) in [5.41, 5.74) is -0.294. The number of hydrogen-bond donors (Lipinski definition) is 0. The van der Waals surface area contributed by atoms with Crippen LogP contribution in [0.3, 0.4) is 0 Å². The number of rotatable bonds is 2. The Hall–Kier alpha value is -0.870. The Bertz CT molecular complexity index is 362. The smallest absolute Gasteiger partial charge is 0.227 e. The third-order valence-electron chi connectivity index (χ3n) is 4.28. The van der Waals surface area contributed by atoms with Crippen LogP contribution in [0, 0.1) is 5.41 Å². The van der Waals surface area contributed by atoms with Gasteiger partial charge in [0.2, 0.25) is 5.91 Å². The van der Waals surface area contributed by atoms with Crippen molar-refractivity contribution in [2.45, 2.75) is 45.8 Å². The lowest BCUT2D eigenvalue weighted by atomic mass is 9.94. The molecular formula is C16H28N2O2. The Morgan fingerprint density at radius 2 is 2.00 bits per heavy atom. The molecule has 0 aromatic heterocycles. The van der Waals surface area contributed by atoms with E-state index in [0.29, 0.717) is 6.04 Å². The molecule has 4 heteroatoms. The van der Waals surface area contributed by atoms with Gasteiger partial charge >= 0.3 is 0 Å². The van der Waals surface area contributed by atoms with Gasteiger partial charge in [0.15, 0.2) is 0 Å². The first-order chi connectivity index (χ1) is 9.43. The highest BCUT2D eigenvalue weighted by atomic mass is 16.5. The van der Waals surface area contributed by atoms with Crippen LogP contribution in [0.5, 0.6) is 0 Å². The molecule has 0 aromatic carbocycles. The number of likely N-dealkylation sites (tertiary alicyclic amines) is 1. The van der Waals surface area contributed by atoms with Crippen molar-refractivity contribution in [2.75, 3.05) is 32.8 Å². The molecule has 0 radical (unpaired) electrons. The zero-order valence-electron chi connectivity index (χ0n) is 13.1. The quantitative estimate of drug-likeness (QED) is 0.724. The van der Waals surface area contributed by atoms with E-state index in [1.165, 1.54) is 0 Å². The summed E-state index contributed by atoms with van der Waals surface area (Å²) in [5, 5.41) is 0. The van der Waals surface area contributed by atoms with Gasteiger partial charge in [-0.3, -0.25) is 9.69 Å². The standard InChI is InChI=1S/C16H28N2O2/c1-5-8-17-11-12-20-14-7-10-18(9-6-13(14)17)15(19)16(2,3)4/h5,13-14H,1,6-12H2,2-4H3. The summed E-state index contributed by atoms with van der Waals surface area (Å²) < 4.78 is 5.94. The monoisotopic (exact) mass is 280 g/mol. The Balaban J connectivity index is 2.03. The van der Waals surface area contributed by atoms with Gasteiger partial charge in [-0.25, -0.2) is 0 Å². The molecule has 2 fully saturated rings. The lowest BCUT2D eigenvalue weighted by Gasteiger charge is -2.39. The molecule has 0 bridgehead atoms. The van der Waals surface area contributed by atoms with Crippen LogP contribution in [0.1, 0.15) is 33.6 Å². The summed E-state index contributed by atoms with van der Waals surface area (Å²) in [6.45, 7) is 14.2. The van der Waals surface area contributed by atoms with E-state index >= 15 is 0 Å². The second-order valence-electron chi connectivity index (χ2n) is 6.88. The molecule has 0 saturated carbocycles. The minimum atomic E-state index is -0.294. The van der Waals surface area contributed by atoms with Crippen molar-refractivity contribution < 1.29 is 9.53 Å². The maximum Gasteiger partial charge on any atom is 0.227 e. The Kier molecular flexibility index (Phi) is 4.86. The Morgan fingerprint density at radius 1 is 1.30 bits per heavy atom. The number of carbonyl (C=O) groups is 1. The van der Waals surface area contributed by atoms with E-state index in [2.05, 4.69) is 11.5 Å². The fourth-order valence-corrected chi connectivity index (χ4v) is 3.23. The summed E-state index contributed by atoms with van der Waals surface area (Å²) in [7, 11) is 0. The number of morpholine rings is 1. The van der Waals surface area contributed by atoms with Gasteiger partial charge in [-0.05, 0) is 12.8 Å². The minimum Gasteiger partial charge on any atom is -0.375 e. The minimum absolute atomic E-state index is 0.256. The van der Waals surface area contributed by atoms with E-state index in [9.17, 15) is 4.79 Å². The van der Waals surface area contributed by atoms with Crippen molar-refractivity contribution in [3.05, 3.63) is 12.7 Å². The molecule has 2 aliphatic rings. The van der Waals surface area contributed by atoms with Gasteiger partial charge in [0.1, 0.15) is 0 Å². The molecular weight excluding hydrogens is 252 g/mol. The van der Waals surface area contributed by atoms with Gasteiger partial charge in [0, 0.05) is 37.6 Å². The second kappa shape index (κ2) is 6.27. The van der Waals surface area contributed by atoms with E-state index in [4.69, 9.17) is 4.74 Å². The van der Waals surface area contributed by atoms with Gasteiger partial charge < -0.3 is 9.64 Å². The van der Waals surface area contributed by atoms with Gasteiger partial charge in [-0.1, -0.05) is 26.8 Å². The molecule has 2 aliphatic heterocycles. The summed E-state index contributed by atoms with van der Waals surface area (Å²) in [6.07, 6.45) is 4.17. The normalized spacial score (nSPS) is 28.6. The molecule has 1 amide bonds. The first-order valence-corrected chi connectivity index (χ1v) is 7.69. The van der Waals surface area contributed by atoms with Gasteiger partial charge in [0.05, 0.1) is 12.7 Å². The van der Waals surface area contributed by atoms with Crippen molar-refractivity contribution >= 4 is 5.91 Å². The zero-order chi connectivity index (χ0) is 14.8. The number of hydrogen-bond acceptors (Lipinski definition) is 3. The molecule has 2 rings (SSSR count). The molecule has 2 unspecified atom stereocenters. The fraction of sp³-hybridized carbons (Fsp3) is 0.812. The predicted octanol–water partition coefficient (Wildman–Crippen LogP) is 1.91. The number of amides is 1. The first kappa shape index (κ1) is 15.5. The summed E-state index contributed by atoms with van der Waals surface area (Å²) in [6, 6.07) is 0.430. The third-order valence-corrected chi connectivity index (χ3v) is 4.28. The van der Waals surface area contributed by atoms with Crippen LogP contribution in [0.25, 0.3) is 0 Å². The largest absolute Gasteiger partial charge is 0.375 e. The van der Waals surface area contributed by atoms with Crippen LogP contribution in [-0.4, -0.2) is 60.6 Å². The van der Waals surface area contributed by atoms with Crippen LogP contribution < -0.4 is 0 Å². The predicted molar refractivity (Wildman–Crippen MR) is 80.6 cm³/mol. The van der Waals surface area contributed by atoms with Gasteiger partial charge in [-0.2, -0.15) is 0 Å². The maximum absolute atomic E-state index is 12.4. The van der Waals surface area contributed by atoms with Crippen molar-refractivity contribution in [3.8, 4) is 0 Å². The molecule has 0 aliphatic carbocycles. The number of fused-ring (bicyclic) bond motifs is 1. The van der Waals surface area contributed by atoms with Gasteiger partial charge in [0.25, 0.3) is 0 Å². The number of nitrogens with zero attached hydrogens (tertiary/aromatic N) is 2. The van der Waals surface area contributed by atoms with Crippen molar-refractivity contribution in [3.63, 3.8) is 0 Å². The lowest BCUT2D eigenvalue weighted by molar-refractivity contribution is -0.139. The van der Waals surface area contributed by atoms with Crippen LogP contribution in [0.4, 0.5) is 0 Å². The first-order valence-electron chi connectivity index (χ1n) is 7.69. The van der Waals surface area contributed by atoms with Crippen molar-refractivity contribution in [1.29, 1.82) is 0 Å². The second-order valence-corrected chi connectivity index (χ2v) is 6.88. The van der Waals surface area contributed by atoms with Crippen LogP contribution in [0.2, 0.25) is 0 Å². The van der Waals surface area contributed by atoms with E-state index < -0.39 is 0 Å². The highest BCUT2D eigenvalue weighted by molar-refractivity contribution is 5.81. The third kappa shape index (κ3) is 3.41. The molecule has 20 heavy (non-hydrogen) atoms. The maximum atomic E-state index is 12.4.